The highest BCUT2D eigenvalue weighted by atomic mass is 16.7. The Morgan fingerprint density at radius 3 is 2.76 bits per heavy atom. The zero-order chi connectivity index (χ0) is 11.6. The third-order valence-corrected chi connectivity index (χ3v) is 2.78. The lowest BCUT2D eigenvalue weighted by Gasteiger charge is -2.31. The Kier molecular flexibility index (Phi) is 2.71. The smallest absolute Gasteiger partial charge is 0.254 e. The van der Waals surface area contributed by atoms with Gasteiger partial charge in [0.15, 0.2) is 0 Å². The first kappa shape index (κ1) is 10.6. The summed E-state index contributed by atoms with van der Waals surface area (Å²) in [6, 6.07) is 10.1. The normalized spacial score (nSPS) is 29.8. The number of rotatable bonds is 1. The Morgan fingerprint density at radius 1 is 1.12 bits per heavy atom. The average molecular weight is 230 g/mol. The average Bonchev–Trinajstić information content (AvgIpc) is 2.74. The Hall–Kier alpha value is -1.58. The van der Waals surface area contributed by atoms with E-state index in [2.05, 4.69) is 0 Å². The van der Waals surface area contributed by atoms with Gasteiger partial charge in [0, 0.05) is 0 Å². The Bertz CT molecular complexity index is 442. The molecule has 3 nitrogen and oxygen atoms in total. The second-order valence-corrected chi connectivity index (χ2v) is 4.11. The lowest BCUT2D eigenvalue weighted by Crippen LogP contribution is -2.41. The van der Waals surface area contributed by atoms with Gasteiger partial charge in [-0.05, 0) is 23.8 Å². The van der Waals surface area contributed by atoms with Crippen molar-refractivity contribution >= 4 is 6.08 Å². The van der Waals surface area contributed by atoms with Crippen LogP contribution in [0, 0.1) is 0 Å². The third-order valence-electron chi connectivity index (χ3n) is 2.78. The van der Waals surface area contributed by atoms with E-state index in [9.17, 15) is 0 Å². The molecule has 2 aliphatic heterocycles. The van der Waals surface area contributed by atoms with Crippen molar-refractivity contribution in [3.8, 4) is 0 Å². The van der Waals surface area contributed by atoms with E-state index in [-0.39, 0.29) is 0 Å². The van der Waals surface area contributed by atoms with Crippen molar-refractivity contribution in [2.45, 2.75) is 5.79 Å². The van der Waals surface area contributed by atoms with Gasteiger partial charge in [-0.15, -0.1) is 0 Å². The fourth-order valence-corrected chi connectivity index (χ4v) is 1.95. The second-order valence-electron chi connectivity index (χ2n) is 4.11. The molecule has 0 N–H and O–H groups in total. The highest BCUT2D eigenvalue weighted by molar-refractivity contribution is 5.54. The molecule has 1 saturated heterocycles. The summed E-state index contributed by atoms with van der Waals surface area (Å²) in [4.78, 5) is 0. The summed E-state index contributed by atoms with van der Waals surface area (Å²) >= 11 is 0. The Balaban J connectivity index is 1.76. The fraction of sp³-hybridized carbons (Fsp3) is 0.286. The van der Waals surface area contributed by atoms with Gasteiger partial charge in [0.1, 0.15) is 12.4 Å². The van der Waals surface area contributed by atoms with Gasteiger partial charge in [0.05, 0.1) is 13.2 Å². The molecule has 0 saturated carbocycles. The molecule has 2 aliphatic rings. The van der Waals surface area contributed by atoms with Crippen LogP contribution < -0.4 is 0 Å². The van der Waals surface area contributed by atoms with Gasteiger partial charge in [-0.2, -0.15) is 0 Å². The summed E-state index contributed by atoms with van der Waals surface area (Å²) in [6.45, 7) is 1.66. The van der Waals surface area contributed by atoms with E-state index in [0.29, 0.717) is 19.8 Å². The first-order chi connectivity index (χ1) is 8.36. The third kappa shape index (κ3) is 2.25. The van der Waals surface area contributed by atoms with Gasteiger partial charge in [0.2, 0.25) is 0 Å². The molecule has 2 heterocycles. The van der Waals surface area contributed by atoms with Gasteiger partial charge in [-0.1, -0.05) is 30.3 Å². The molecule has 88 valence electrons. The number of ether oxygens (including phenoxy) is 3. The minimum Gasteiger partial charge on any atom is -0.456 e. The Labute approximate surface area is 100 Å². The standard InChI is InChI=1S/C14H14O3/c1-2-4-12(5-3-1)10-13-6-7-14(17-13)11-15-8-9-16-14/h1-7,10H,8-9,11H2. The molecule has 17 heavy (non-hydrogen) atoms. The van der Waals surface area contributed by atoms with Crippen molar-refractivity contribution in [1.29, 1.82) is 0 Å². The maximum Gasteiger partial charge on any atom is 0.254 e. The van der Waals surface area contributed by atoms with Crippen molar-refractivity contribution in [3.05, 3.63) is 53.8 Å². The molecule has 1 aromatic rings. The topological polar surface area (TPSA) is 27.7 Å². The van der Waals surface area contributed by atoms with Crippen LogP contribution in [-0.4, -0.2) is 25.6 Å². The summed E-state index contributed by atoms with van der Waals surface area (Å²) in [6.07, 6.45) is 5.84. The number of benzene rings is 1. The first-order valence-electron chi connectivity index (χ1n) is 5.73. The lowest BCUT2D eigenvalue weighted by molar-refractivity contribution is -0.239. The minimum absolute atomic E-state index is 0.454. The summed E-state index contributed by atoms with van der Waals surface area (Å²) in [7, 11) is 0. The fourth-order valence-electron chi connectivity index (χ4n) is 1.95. The van der Waals surface area contributed by atoms with Crippen LogP contribution in [0.2, 0.25) is 0 Å². The first-order valence-corrected chi connectivity index (χ1v) is 5.73. The summed E-state index contributed by atoms with van der Waals surface area (Å²) in [5, 5.41) is 0. The molecule has 1 unspecified atom stereocenters. The lowest BCUT2D eigenvalue weighted by atomic mass is 10.2. The van der Waals surface area contributed by atoms with Crippen LogP contribution in [0.5, 0.6) is 0 Å². The maximum absolute atomic E-state index is 5.80. The molecule has 0 amide bonds. The number of hydrogen-bond donors (Lipinski definition) is 0. The van der Waals surface area contributed by atoms with Crippen molar-refractivity contribution < 1.29 is 14.2 Å². The molecule has 1 fully saturated rings. The molecule has 1 aromatic carbocycles. The van der Waals surface area contributed by atoms with Crippen molar-refractivity contribution in [1.82, 2.24) is 0 Å². The van der Waals surface area contributed by atoms with Crippen LogP contribution in [0.15, 0.2) is 48.2 Å². The van der Waals surface area contributed by atoms with E-state index < -0.39 is 5.79 Å². The van der Waals surface area contributed by atoms with E-state index in [1.807, 2.05) is 48.6 Å². The van der Waals surface area contributed by atoms with Crippen molar-refractivity contribution in [3.63, 3.8) is 0 Å². The zero-order valence-corrected chi connectivity index (χ0v) is 9.46. The van der Waals surface area contributed by atoms with Crippen molar-refractivity contribution in [2.24, 2.45) is 0 Å². The van der Waals surface area contributed by atoms with Crippen LogP contribution in [-0.2, 0) is 14.2 Å². The summed E-state index contributed by atoms with van der Waals surface area (Å²) < 4.78 is 16.8. The van der Waals surface area contributed by atoms with Gasteiger partial charge < -0.3 is 14.2 Å². The minimum atomic E-state index is -0.696. The number of allylic oxidation sites excluding steroid dienone is 1. The van der Waals surface area contributed by atoms with E-state index in [4.69, 9.17) is 14.2 Å². The van der Waals surface area contributed by atoms with E-state index >= 15 is 0 Å². The number of hydrogen-bond acceptors (Lipinski definition) is 3. The zero-order valence-electron chi connectivity index (χ0n) is 9.46. The highest BCUT2D eigenvalue weighted by Gasteiger charge is 2.37. The summed E-state index contributed by atoms with van der Waals surface area (Å²) in [5.74, 6) is 0.112. The van der Waals surface area contributed by atoms with Gasteiger partial charge in [-0.3, -0.25) is 0 Å². The molecule has 0 bridgehead atoms. The monoisotopic (exact) mass is 230 g/mol. The molecule has 0 aliphatic carbocycles. The highest BCUT2D eigenvalue weighted by Crippen LogP contribution is 2.30. The van der Waals surface area contributed by atoms with E-state index in [0.717, 1.165) is 11.3 Å². The summed E-state index contributed by atoms with van der Waals surface area (Å²) in [5.41, 5.74) is 1.11. The van der Waals surface area contributed by atoms with Crippen molar-refractivity contribution in [2.75, 3.05) is 19.8 Å². The molecular weight excluding hydrogens is 216 g/mol. The molecule has 0 radical (unpaired) electrons. The predicted octanol–water partition coefficient (Wildman–Crippen LogP) is 2.36. The Morgan fingerprint density at radius 2 is 2.00 bits per heavy atom. The molecule has 3 rings (SSSR count). The van der Waals surface area contributed by atoms with E-state index in [1.165, 1.54) is 0 Å². The quantitative estimate of drug-likeness (QED) is 0.741. The molecule has 1 atom stereocenters. The largest absolute Gasteiger partial charge is 0.456 e. The van der Waals surface area contributed by atoms with Gasteiger partial charge >= 0.3 is 0 Å². The molecule has 3 heteroatoms. The maximum atomic E-state index is 5.80. The molecule has 1 spiro atoms. The van der Waals surface area contributed by atoms with Crippen LogP contribution in [0.25, 0.3) is 6.08 Å². The molecule has 0 aromatic heterocycles. The van der Waals surface area contributed by atoms with Crippen LogP contribution >= 0.6 is 0 Å². The second kappa shape index (κ2) is 4.35. The van der Waals surface area contributed by atoms with Crippen LogP contribution in [0.4, 0.5) is 0 Å². The van der Waals surface area contributed by atoms with Crippen LogP contribution in [0.3, 0.4) is 0 Å². The van der Waals surface area contributed by atoms with Gasteiger partial charge in [-0.25, -0.2) is 0 Å². The SMILES string of the molecule is C1=CC2(COCCO2)OC1=Cc1ccccc1. The van der Waals surface area contributed by atoms with Gasteiger partial charge in [0.25, 0.3) is 5.79 Å². The molecular formula is C14H14O3. The predicted molar refractivity (Wildman–Crippen MR) is 64.1 cm³/mol. The van der Waals surface area contributed by atoms with E-state index in [1.54, 1.807) is 0 Å². The van der Waals surface area contributed by atoms with Crippen LogP contribution in [0.1, 0.15) is 5.56 Å².